The second kappa shape index (κ2) is 9.90. The zero-order valence-electron chi connectivity index (χ0n) is 20.0. The third kappa shape index (κ3) is 4.67. The molecule has 2 fully saturated rings. The van der Waals surface area contributed by atoms with Crippen LogP contribution in [0.5, 0.6) is 5.75 Å². The zero-order chi connectivity index (χ0) is 23.5. The lowest BCUT2D eigenvalue weighted by Crippen LogP contribution is -2.48. The van der Waals surface area contributed by atoms with Crippen LogP contribution in [0.3, 0.4) is 0 Å². The maximum Gasteiger partial charge on any atom is 0.119 e. The van der Waals surface area contributed by atoms with Crippen LogP contribution in [0.4, 0.5) is 11.4 Å². The second-order valence-electron chi connectivity index (χ2n) is 9.48. The van der Waals surface area contributed by atoms with Crippen LogP contribution in [0.1, 0.15) is 31.7 Å². The maximum absolute atomic E-state index is 9.49. The molecule has 0 amide bonds. The smallest absolute Gasteiger partial charge is 0.119 e. The van der Waals surface area contributed by atoms with Crippen LogP contribution in [0.25, 0.3) is 10.9 Å². The molecule has 0 aliphatic carbocycles. The third-order valence-electron chi connectivity index (χ3n) is 7.18. The number of aromatic nitrogens is 1. The second-order valence-corrected chi connectivity index (χ2v) is 9.48. The summed E-state index contributed by atoms with van der Waals surface area (Å²) in [7, 11) is 1.70. The Hall–Kier alpha value is -3.30. The van der Waals surface area contributed by atoms with Gasteiger partial charge in [0.25, 0.3) is 0 Å². The topological polar surface area (TPSA) is 61.6 Å². The van der Waals surface area contributed by atoms with Crippen molar-refractivity contribution < 1.29 is 9.47 Å². The summed E-state index contributed by atoms with van der Waals surface area (Å²) in [4.78, 5) is 9.39. The van der Waals surface area contributed by atoms with Gasteiger partial charge in [0.15, 0.2) is 0 Å². The lowest BCUT2D eigenvalue weighted by Gasteiger charge is -2.41. The van der Waals surface area contributed by atoms with E-state index >= 15 is 0 Å². The zero-order valence-corrected chi connectivity index (χ0v) is 20.0. The molecule has 0 unspecified atom stereocenters. The van der Waals surface area contributed by atoms with Gasteiger partial charge in [-0.05, 0) is 80.6 Å². The number of methoxy groups -OCH3 is 1. The standard InChI is InChI=1S/C28H32N4O2/c1-20-18-32(27-10-5-22(17-29)28-26(27)4-3-13-30-28)19-25(34-20)16-21-11-14-31(15-12-21)23-6-8-24(33-2)9-7-23/h3-10,13,20-21,25H,11-12,14-16,18-19H2,1-2H3/t20-,25+/m1/s1. The average molecular weight is 457 g/mol. The van der Waals surface area contributed by atoms with Gasteiger partial charge in [0.05, 0.1) is 30.4 Å². The molecule has 3 heterocycles. The fraction of sp³-hybridized carbons (Fsp3) is 0.429. The van der Waals surface area contributed by atoms with E-state index < -0.39 is 0 Å². The number of nitriles is 1. The molecule has 2 aliphatic heterocycles. The van der Waals surface area contributed by atoms with Crippen molar-refractivity contribution in [2.45, 2.75) is 38.4 Å². The van der Waals surface area contributed by atoms with Crippen molar-refractivity contribution in [1.82, 2.24) is 4.98 Å². The quantitative estimate of drug-likeness (QED) is 0.538. The Morgan fingerprint density at radius 1 is 1.06 bits per heavy atom. The van der Waals surface area contributed by atoms with Crippen LogP contribution in [-0.4, -0.2) is 50.5 Å². The Balaban J connectivity index is 1.24. The largest absolute Gasteiger partial charge is 0.497 e. The van der Waals surface area contributed by atoms with Crippen LogP contribution >= 0.6 is 0 Å². The average Bonchev–Trinajstić information content (AvgIpc) is 2.88. The minimum atomic E-state index is 0.167. The first-order valence-corrected chi connectivity index (χ1v) is 12.2. The van der Waals surface area contributed by atoms with Gasteiger partial charge in [-0.3, -0.25) is 4.98 Å². The van der Waals surface area contributed by atoms with Gasteiger partial charge in [0.2, 0.25) is 0 Å². The molecule has 6 heteroatoms. The Bertz CT molecular complexity index is 1170. The minimum Gasteiger partial charge on any atom is -0.497 e. The lowest BCUT2D eigenvalue weighted by atomic mass is 9.90. The molecule has 34 heavy (non-hydrogen) atoms. The van der Waals surface area contributed by atoms with E-state index in [0.29, 0.717) is 11.5 Å². The van der Waals surface area contributed by atoms with Gasteiger partial charge in [-0.25, -0.2) is 0 Å². The monoisotopic (exact) mass is 456 g/mol. The van der Waals surface area contributed by atoms with Crippen LogP contribution in [0.2, 0.25) is 0 Å². The van der Waals surface area contributed by atoms with Crippen molar-refractivity contribution in [3.8, 4) is 11.8 Å². The Morgan fingerprint density at radius 3 is 2.59 bits per heavy atom. The van der Waals surface area contributed by atoms with E-state index in [1.807, 2.05) is 24.3 Å². The number of piperidine rings is 1. The Kier molecular flexibility index (Phi) is 6.55. The summed E-state index contributed by atoms with van der Waals surface area (Å²) in [5.41, 5.74) is 3.83. The molecule has 5 rings (SSSR count). The number of benzene rings is 2. The fourth-order valence-electron chi connectivity index (χ4n) is 5.49. The number of anilines is 2. The summed E-state index contributed by atoms with van der Waals surface area (Å²) in [6, 6.07) is 18.6. The first kappa shape index (κ1) is 22.5. The van der Waals surface area contributed by atoms with Crippen LogP contribution in [0, 0.1) is 17.2 Å². The highest BCUT2D eigenvalue weighted by Gasteiger charge is 2.30. The highest BCUT2D eigenvalue weighted by molar-refractivity contribution is 5.95. The van der Waals surface area contributed by atoms with Crippen molar-refractivity contribution in [3.63, 3.8) is 0 Å². The number of fused-ring (bicyclic) bond motifs is 1. The first-order valence-electron chi connectivity index (χ1n) is 12.2. The van der Waals surface area contributed by atoms with Crippen molar-refractivity contribution in [3.05, 3.63) is 60.3 Å². The molecule has 1 aromatic heterocycles. The fourth-order valence-corrected chi connectivity index (χ4v) is 5.49. The normalized spacial score (nSPS) is 21.4. The van der Waals surface area contributed by atoms with Crippen molar-refractivity contribution in [2.24, 2.45) is 5.92 Å². The van der Waals surface area contributed by atoms with E-state index in [2.05, 4.69) is 52.0 Å². The highest BCUT2D eigenvalue weighted by atomic mass is 16.5. The third-order valence-corrected chi connectivity index (χ3v) is 7.18. The van der Waals surface area contributed by atoms with Crippen LogP contribution in [-0.2, 0) is 4.74 Å². The molecule has 0 bridgehead atoms. The lowest BCUT2D eigenvalue weighted by molar-refractivity contribution is -0.0288. The molecular weight excluding hydrogens is 424 g/mol. The van der Waals surface area contributed by atoms with Crippen LogP contribution < -0.4 is 14.5 Å². The van der Waals surface area contributed by atoms with E-state index in [1.165, 1.54) is 18.5 Å². The van der Waals surface area contributed by atoms with Gasteiger partial charge < -0.3 is 19.3 Å². The molecule has 2 atom stereocenters. The molecule has 0 radical (unpaired) electrons. The number of rotatable bonds is 5. The molecule has 2 aliphatic rings. The van der Waals surface area contributed by atoms with Gasteiger partial charge in [-0.15, -0.1) is 0 Å². The van der Waals surface area contributed by atoms with E-state index in [0.717, 1.165) is 54.9 Å². The molecule has 0 N–H and O–H groups in total. The number of morpholine rings is 1. The minimum absolute atomic E-state index is 0.167. The van der Waals surface area contributed by atoms with E-state index in [9.17, 15) is 5.26 Å². The molecule has 2 saturated heterocycles. The summed E-state index contributed by atoms with van der Waals surface area (Å²) in [6.45, 7) is 6.04. The number of hydrogen-bond donors (Lipinski definition) is 0. The number of pyridine rings is 1. The number of ether oxygens (including phenoxy) is 2. The summed E-state index contributed by atoms with van der Waals surface area (Å²) in [5, 5.41) is 10.5. The predicted octanol–water partition coefficient (Wildman–Crippen LogP) is 5.02. The summed E-state index contributed by atoms with van der Waals surface area (Å²) in [6.07, 6.45) is 5.59. The Labute approximate surface area is 201 Å². The van der Waals surface area contributed by atoms with E-state index in [4.69, 9.17) is 9.47 Å². The SMILES string of the molecule is COc1ccc(N2CCC(C[C@H]3CN(c4ccc(C#N)c5ncccc45)C[C@@H](C)O3)CC2)cc1. The van der Waals surface area contributed by atoms with Crippen molar-refractivity contribution in [1.29, 1.82) is 5.26 Å². The van der Waals surface area contributed by atoms with E-state index in [1.54, 1.807) is 13.3 Å². The molecular formula is C28H32N4O2. The van der Waals surface area contributed by atoms with Crippen molar-refractivity contribution >= 4 is 22.3 Å². The van der Waals surface area contributed by atoms with Gasteiger partial charge in [0, 0.05) is 49.1 Å². The predicted molar refractivity (Wildman–Crippen MR) is 136 cm³/mol. The summed E-state index contributed by atoms with van der Waals surface area (Å²) in [5.74, 6) is 1.57. The van der Waals surface area contributed by atoms with Gasteiger partial charge in [-0.1, -0.05) is 0 Å². The van der Waals surface area contributed by atoms with Gasteiger partial charge in [0.1, 0.15) is 11.8 Å². The number of nitrogens with zero attached hydrogens (tertiary/aromatic N) is 4. The van der Waals surface area contributed by atoms with Crippen LogP contribution in [0.15, 0.2) is 54.7 Å². The summed E-state index contributed by atoms with van der Waals surface area (Å²) >= 11 is 0. The van der Waals surface area contributed by atoms with Crippen molar-refractivity contribution in [2.75, 3.05) is 43.1 Å². The molecule has 0 spiro atoms. The molecule has 0 saturated carbocycles. The summed E-state index contributed by atoms with van der Waals surface area (Å²) < 4.78 is 11.7. The van der Waals surface area contributed by atoms with Gasteiger partial charge >= 0.3 is 0 Å². The molecule has 176 valence electrons. The van der Waals surface area contributed by atoms with E-state index in [-0.39, 0.29) is 12.2 Å². The van der Waals surface area contributed by atoms with Gasteiger partial charge in [-0.2, -0.15) is 5.26 Å². The number of hydrogen-bond acceptors (Lipinski definition) is 6. The Morgan fingerprint density at radius 2 is 1.85 bits per heavy atom. The first-order chi connectivity index (χ1) is 16.6. The highest BCUT2D eigenvalue weighted by Crippen LogP contribution is 2.33. The molecule has 3 aromatic rings. The molecule has 2 aromatic carbocycles. The maximum atomic E-state index is 9.49. The molecule has 6 nitrogen and oxygen atoms in total.